The van der Waals surface area contributed by atoms with E-state index < -0.39 is 22.0 Å². The first-order chi connectivity index (χ1) is 11.8. The lowest BCUT2D eigenvalue weighted by Crippen LogP contribution is -2.44. The highest BCUT2D eigenvalue weighted by Gasteiger charge is 2.23. The Morgan fingerprint density at radius 3 is 2.40 bits per heavy atom. The maximum Gasteiger partial charge on any atom is 0.241 e. The third-order valence-corrected chi connectivity index (χ3v) is 5.09. The van der Waals surface area contributed by atoms with Crippen LogP contribution in [0.5, 0.6) is 0 Å². The minimum atomic E-state index is -3.89. The van der Waals surface area contributed by atoms with Gasteiger partial charge in [-0.15, -0.1) is 0 Å². The minimum absolute atomic E-state index is 0.0626. The fourth-order valence-electron chi connectivity index (χ4n) is 2.35. The molecule has 0 fully saturated rings. The van der Waals surface area contributed by atoms with Crippen LogP contribution in [-0.2, 0) is 14.8 Å². The van der Waals surface area contributed by atoms with Gasteiger partial charge in [0.1, 0.15) is 6.04 Å². The lowest BCUT2D eigenvalue weighted by molar-refractivity contribution is -0.119. The lowest BCUT2D eigenvalue weighted by atomic mass is 10.1. The Hall–Kier alpha value is -2.65. The van der Waals surface area contributed by atoms with Crippen LogP contribution >= 0.6 is 0 Å². The van der Waals surface area contributed by atoms with E-state index in [2.05, 4.69) is 9.71 Å². The minimum Gasteiger partial charge on any atom is -0.370 e. The molecule has 0 aromatic heterocycles. The van der Waals surface area contributed by atoms with Crippen LogP contribution in [0.15, 0.2) is 52.4 Å². The average molecular weight is 363 g/mol. The molecular weight excluding hydrogens is 342 g/mol. The molecule has 0 radical (unpaired) electrons. The number of primary amides is 1. The molecule has 7 N–H and O–H groups in total. The summed E-state index contributed by atoms with van der Waals surface area (Å²) in [6, 6.07) is 11.1. The Balaban J connectivity index is 2.15. The maximum atomic E-state index is 12.5. The van der Waals surface area contributed by atoms with E-state index in [1.54, 1.807) is 12.1 Å². The van der Waals surface area contributed by atoms with Gasteiger partial charge in [-0.2, -0.15) is 4.72 Å². The molecule has 2 rings (SSSR count). The SMILES string of the molecule is NC(=O)[C@H](CCCN=C(N)N)NS(=O)(=O)c1ccc2ccccc2c1. The van der Waals surface area contributed by atoms with Crippen LogP contribution < -0.4 is 21.9 Å². The number of carbonyl (C=O) groups excluding carboxylic acids is 1. The second kappa shape index (κ2) is 7.95. The van der Waals surface area contributed by atoms with Crippen molar-refractivity contribution >= 4 is 32.7 Å². The van der Waals surface area contributed by atoms with Gasteiger partial charge in [0.2, 0.25) is 15.9 Å². The molecule has 2 aromatic carbocycles. The highest BCUT2D eigenvalue weighted by atomic mass is 32.2. The molecule has 0 saturated carbocycles. The van der Waals surface area contributed by atoms with Gasteiger partial charge in [0, 0.05) is 6.54 Å². The number of hydrogen-bond donors (Lipinski definition) is 4. The number of rotatable bonds is 8. The fraction of sp³-hybridized carbons (Fsp3) is 0.250. The standard InChI is InChI=1S/C16H21N5O3S/c17-15(22)14(6-3-9-20-16(18)19)21-25(23,24)13-8-7-11-4-1-2-5-12(11)10-13/h1-2,4-5,7-8,10,14,21H,3,6,9H2,(H2,17,22)(H4,18,19,20)/t14-/m0/s1. The number of aliphatic imine (C=N–C) groups is 1. The van der Waals surface area contributed by atoms with E-state index in [1.807, 2.05) is 24.3 Å². The molecule has 2 aromatic rings. The zero-order valence-electron chi connectivity index (χ0n) is 13.6. The molecule has 134 valence electrons. The molecule has 0 saturated heterocycles. The van der Waals surface area contributed by atoms with Crippen molar-refractivity contribution < 1.29 is 13.2 Å². The van der Waals surface area contributed by atoms with Gasteiger partial charge in [-0.3, -0.25) is 9.79 Å². The second-order valence-electron chi connectivity index (χ2n) is 5.53. The highest BCUT2D eigenvalue weighted by molar-refractivity contribution is 7.89. The first-order valence-electron chi connectivity index (χ1n) is 7.65. The van der Waals surface area contributed by atoms with Gasteiger partial charge in [0.05, 0.1) is 4.90 Å². The molecule has 0 bridgehead atoms. The van der Waals surface area contributed by atoms with Gasteiger partial charge >= 0.3 is 0 Å². The van der Waals surface area contributed by atoms with Crippen LogP contribution in [0.4, 0.5) is 0 Å². The number of nitrogens with one attached hydrogen (secondary N) is 1. The molecule has 9 heteroatoms. The number of carbonyl (C=O) groups is 1. The quantitative estimate of drug-likeness (QED) is 0.296. The summed E-state index contributed by atoms with van der Waals surface area (Å²) in [7, 11) is -3.89. The van der Waals surface area contributed by atoms with E-state index >= 15 is 0 Å². The van der Waals surface area contributed by atoms with E-state index in [9.17, 15) is 13.2 Å². The summed E-state index contributed by atoms with van der Waals surface area (Å²) >= 11 is 0. The fourth-order valence-corrected chi connectivity index (χ4v) is 3.63. The molecule has 0 aliphatic rings. The third kappa shape index (κ3) is 5.16. The number of nitrogens with zero attached hydrogens (tertiary/aromatic N) is 1. The van der Waals surface area contributed by atoms with E-state index in [0.29, 0.717) is 6.42 Å². The average Bonchev–Trinajstić information content (AvgIpc) is 2.56. The highest BCUT2D eigenvalue weighted by Crippen LogP contribution is 2.19. The van der Waals surface area contributed by atoms with E-state index in [0.717, 1.165) is 10.8 Å². The van der Waals surface area contributed by atoms with Crippen molar-refractivity contribution in [1.82, 2.24) is 4.72 Å². The summed E-state index contributed by atoms with van der Waals surface area (Å²) in [5.74, 6) is -0.818. The van der Waals surface area contributed by atoms with Gasteiger partial charge in [-0.25, -0.2) is 8.42 Å². The molecule has 25 heavy (non-hydrogen) atoms. The van der Waals surface area contributed by atoms with Crippen molar-refractivity contribution in [2.24, 2.45) is 22.2 Å². The second-order valence-corrected chi connectivity index (χ2v) is 7.25. The summed E-state index contributed by atoms with van der Waals surface area (Å²) < 4.78 is 27.4. The predicted octanol–water partition coefficient (Wildman–Crippen LogP) is 0.0256. The smallest absolute Gasteiger partial charge is 0.241 e. The maximum absolute atomic E-state index is 12.5. The molecular formula is C16H21N5O3S. The summed E-state index contributed by atoms with van der Waals surface area (Å²) in [5.41, 5.74) is 15.7. The number of hydrogen-bond acceptors (Lipinski definition) is 4. The zero-order chi connectivity index (χ0) is 18.4. The van der Waals surface area contributed by atoms with Gasteiger partial charge < -0.3 is 17.2 Å². The molecule has 0 unspecified atom stereocenters. The monoisotopic (exact) mass is 363 g/mol. The molecule has 8 nitrogen and oxygen atoms in total. The molecule has 0 aliphatic carbocycles. The Kier molecular flexibility index (Phi) is 5.94. The summed E-state index contributed by atoms with van der Waals surface area (Å²) in [5, 5.41) is 1.71. The molecule has 1 atom stereocenters. The largest absolute Gasteiger partial charge is 0.370 e. The van der Waals surface area contributed by atoms with Crippen molar-refractivity contribution in [3.05, 3.63) is 42.5 Å². The van der Waals surface area contributed by atoms with Crippen LogP contribution in [0.25, 0.3) is 10.8 Å². The molecule has 0 aliphatic heterocycles. The van der Waals surface area contributed by atoms with Gasteiger partial charge in [-0.05, 0) is 35.7 Å². The zero-order valence-corrected chi connectivity index (χ0v) is 14.4. The van der Waals surface area contributed by atoms with Gasteiger partial charge in [-0.1, -0.05) is 30.3 Å². The summed E-state index contributed by atoms with van der Waals surface area (Å²) in [6.45, 7) is 0.282. The van der Waals surface area contributed by atoms with Crippen molar-refractivity contribution in [2.45, 2.75) is 23.8 Å². The van der Waals surface area contributed by atoms with Crippen molar-refractivity contribution in [1.29, 1.82) is 0 Å². The van der Waals surface area contributed by atoms with Crippen LogP contribution in [0, 0.1) is 0 Å². The topological polar surface area (TPSA) is 154 Å². The molecule has 0 spiro atoms. The Bertz CT molecular complexity index is 892. The van der Waals surface area contributed by atoms with Gasteiger partial charge in [0.25, 0.3) is 0 Å². The predicted molar refractivity (Wildman–Crippen MR) is 97.2 cm³/mol. The summed E-state index contributed by atoms with van der Waals surface area (Å²) in [4.78, 5) is 15.4. The van der Waals surface area contributed by atoms with Crippen LogP contribution in [0.3, 0.4) is 0 Å². The van der Waals surface area contributed by atoms with E-state index in [4.69, 9.17) is 17.2 Å². The van der Waals surface area contributed by atoms with Crippen molar-refractivity contribution in [3.63, 3.8) is 0 Å². The summed E-state index contributed by atoms with van der Waals surface area (Å²) in [6.07, 6.45) is 0.602. The first-order valence-corrected chi connectivity index (χ1v) is 9.14. The Labute approximate surface area is 146 Å². The van der Waals surface area contributed by atoms with Crippen LogP contribution in [0.1, 0.15) is 12.8 Å². The Morgan fingerprint density at radius 1 is 1.08 bits per heavy atom. The first kappa shape index (κ1) is 18.7. The van der Waals surface area contributed by atoms with Crippen LogP contribution in [-0.4, -0.2) is 32.9 Å². The van der Waals surface area contributed by atoms with Gasteiger partial charge in [0.15, 0.2) is 5.96 Å². The Morgan fingerprint density at radius 2 is 1.76 bits per heavy atom. The van der Waals surface area contributed by atoms with Crippen LogP contribution in [0.2, 0.25) is 0 Å². The lowest BCUT2D eigenvalue weighted by Gasteiger charge is -2.15. The normalized spacial score (nSPS) is 12.6. The van der Waals surface area contributed by atoms with E-state index in [1.165, 1.54) is 6.07 Å². The number of nitrogens with two attached hydrogens (primary N) is 3. The van der Waals surface area contributed by atoms with Crippen molar-refractivity contribution in [3.8, 4) is 0 Å². The number of guanidine groups is 1. The molecule has 0 heterocycles. The molecule has 1 amide bonds. The number of sulfonamides is 1. The number of amides is 1. The number of benzene rings is 2. The number of fused-ring (bicyclic) bond motifs is 1. The third-order valence-electron chi connectivity index (χ3n) is 3.62. The van der Waals surface area contributed by atoms with E-state index in [-0.39, 0.29) is 23.8 Å². The van der Waals surface area contributed by atoms with Crippen molar-refractivity contribution in [2.75, 3.05) is 6.54 Å².